The largest absolute Gasteiger partial charge is 0.445 e. The van der Waals surface area contributed by atoms with Gasteiger partial charge >= 0.3 is 6.09 Å². The summed E-state index contributed by atoms with van der Waals surface area (Å²) in [7, 11) is -1.88. The van der Waals surface area contributed by atoms with Crippen LogP contribution in [-0.4, -0.2) is 39.1 Å². The molecule has 6 heteroatoms. The molecule has 27 heavy (non-hydrogen) atoms. The van der Waals surface area contributed by atoms with E-state index in [-0.39, 0.29) is 23.2 Å². The van der Waals surface area contributed by atoms with Crippen LogP contribution in [-0.2, 0) is 15.8 Å². The van der Waals surface area contributed by atoms with E-state index < -0.39 is 14.4 Å². The Bertz CT molecular complexity index is 577. The summed E-state index contributed by atoms with van der Waals surface area (Å²) in [5.41, 5.74) is 0.930. The van der Waals surface area contributed by atoms with Gasteiger partial charge in [0.15, 0.2) is 8.32 Å². The van der Waals surface area contributed by atoms with Crippen molar-refractivity contribution in [2.75, 3.05) is 13.2 Å². The lowest BCUT2D eigenvalue weighted by Crippen LogP contribution is -2.52. The van der Waals surface area contributed by atoms with Crippen molar-refractivity contribution in [3.05, 3.63) is 35.9 Å². The molecule has 0 saturated carbocycles. The van der Waals surface area contributed by atoms with Crippen LogP contribution >= 0.6 is 0 Å². The highest BCUT2D eigenvalue weighted by Gasteiger charge is 2.37. The molecule has 0 aliphatic carbocycles. The number of alkyl carbamates (subject to hydrolysis) is 1. The van der Waals surface area contributed by atoms with Gasteiger partial charge < -0.3 is 19.8 Å². The van der Waals surface area contributed by atoms with E-state index in [0.717, 1.165) is 5.56 Å². The Hall–Kier alpha value is -1.37. The number of hydrogen-bond donors (Lipinski definition) is 2. The van der Waals surface area contributed by atoms with Gasteiger partial charge in [-0.1, -0.05) is 51.1 Å². The third-order valence-corrected chi connectivity index (χ3v) is 9.37. The smallest absolute Gasteiger partial charge is 0.407 e. The van der Waals surface area contributed by atoms with Gasteiger partial charge in [0.2, 0.25) is 0 Å². The maximum Gasteiger partial charge on any atom is 0.407 e. The zero-order valence-electron chi connectivity index (χ0n) is 18.3. The Morgan fingerprint density at radius 3 is 2.19 bits per heavy atom. The minimum Gasteiger partial charge on any atom is -0.445 e. The van der Waals surface area contributed by atoms with Crippen molar-refractivity contribution in [2.24, 2.45) is 0 Å². The highest BCUT2D eigenvalue weighted by Crippen LogP contribution is 2.36. The Morgan fingerprint density at radius 1 is 1.07 bits per heavy atom. The maximum atomic E-state index is 12.3. The van der Waals surface area contributed by atoms with Crippen LogP contribution in [0.4, 0.5) is 4.79 Å². The number of amides is 1. The first-order valence-corrected chi connectivity index (χ1v) is 12.6. The van der Waals surface area contributed by atoms with E-state index >= 15 is 0 Å². The summed E-state index contributed by atoms with van der Waals surface area (Å²) >= 11 is 0. The van der Waals surface area contributed by atoms with Crippen LogP contribution in [0.2, 0.25) is 18.1 Å². The van der Waals surface area contributed by atoms with Crippen LogP contribution < -0.4 is 10.6 Å². The van der Waals surface area contributed by atoms with Crippen molar-refractivity contribution in [1.82, 2.24) is 10.6 Å². The van der Waals surface area contributed by atoms with Crippen LogP contribution in [0.5, 0.6) is 0 Å². The normalized spacial score (nSPS) is 13.9. The molecule has 0 heterocycles. The molecule has 1 aromatic rings. The summed E-state index contributed by atoms with van der Waals surface area (Å²) in [5.74, 6) is 0. The predicted molar refractivity (Wildman–Crippen MR) is 114 cm³/mol. The van der Waals surface area contributed by atoms with E-state index in [4.69, 9.17) is 9.16 Å². The summed E-state index contributed by atoms with van der Waals surface area (Å²) in [4.78, 5) is 12.3. The summed E-state index contributed by atoms with van der Waals surface area (Å²) < 4.78 is 11.7. The molecule has 1 amide bonds. The zero-order valence-corrected chi connectivity index (χ0v) is 19.3. The highest BCUT2D eigenvalue weighted by atomic mass is 28.4. The van der Waals surface area contributed by atoms with Gasteiger partial charge in [-0.15, -0.1) is 0 Å². The molecule has 0 aliphatic heterocycles. The van der Waals surface area contributed by atoms with Gasteiger partial charge in [0.1, 0.15) is 6.61 Å². The molecule has 2 N–H and O–H groups in total. The summed E-state index contributed by atoms with van der Waals surface area (Å²) in [6, 6.07) is 9.52. The number of hydrogen-bond acceptors (Lipinski definition) is 4. The molecule has 1 atom stereocenters. The fraction of sp³-hybridized carbons (Fsp3) is 0.667. The van der Waals surface area contributed by atoms with Crippen molar-refractivity contribution in [1.29, 1.82) is 0 Å². The lowest BCUT2D eigenvalue weighted by Gasteiger charge is -2.37. The number of ether oxygens (including phenoxy) is 1. The van der Waals surface area contributed by atoms with E-state index in [9.17, 15) is 4.79 Å². The van der Waals surface area contributed by atoms with Crippen molar-refractivity contribution in [2.45, 2.75) is 77.9 Å². The Balaban J connectivity index is 2.63. The lowest BCUT2D eigenvalue weighted by atomic mass is 10.1. The molecule has 1 unspecified atom stereocenters. The van der Waals surface area contributed by atoms with Crippen LogP contribution in [0, 0.1) is 0 Å². The van der Waals surface area contributed by atoms with E-state index in [1.165, 1.54) is 0 Å². The molecule has 1 rings (SSSR count). The van der Waals surface area contributed by atoms with Gasteiger partial charge in [0, 0.05) is 12.1 Å². The minimum atomic E-state index is -1.88. The average Bonchev–Trinajstić information content (AvgIpc) is 2.54. The van der Waals surface area contributed by atoms with Crippen molar-refractivity contribution in [3.63, 3.8) is 0 Å². The Kier molecular flexibility index (Phi) is 8.51. The third-order valence-electron chi connectivity index (χ3n) is 4.87. The maximum absolute atomic E-state index is 12.3. The van der Waals surface area contributed by atoms with Crippen molar-refractivity contribution in [3.8, 4) is 0 Å². The van der Waals surface area contributed by atoms with Crippen molar-refractivity contribution < 1.29 is 14.0 Å². The van der Waals surface area contributed by atoms with Gasteiger partial charge in [0.25, 0.3) is 0 Å². The first kappa shape index (κ1) is 23.7. The first-order valence-electron chi connectivity index (χ1n) is 9.66. The molecule has 154 valence electrons. The SMILES string of the molecule is CC(C)(C)NCC(CO[Si](C)(C)C(C)(C)C)NC(=O)OCc1ccccc1. The van der Waals surface area contributed by atoms with Gasteiger partial charge in [-0.05, 0) is 44.5 Å². The monoisotopic (exact) mass is 394 g/mol. The van der Waals surface area contributed by atoms with E-state index in [1.54, 1.807) is 0 Å². The summed E-state index contributed by atoms with van der Waals surface area (Å²) in [6.45, 7) is 18.7. The van der Waals surface area contributed by atoms with Crippen LogP contribution in [0.3, 0.4) is 0 Å². The average molecular weight is 395 g/mol. The molecular formula is C21H38N2O3Si. The molecule has 0 spiro atoms. The van der Waals surface area contributed by atoms with Crippen molar-refractivity contribution >= 4 is 14.4 Å². The number of rotatable bonds is 8. The van der Waals surface area contributed by atoms with Gasteiger partial charge in [-0.25, -0.2) is 4.79 Å². The number of benzene rings is 1. The number of carbonyl (C=O) groups is 1. The summed E-state index contributed by atoms with van der Waals surface area (Å²) in [6.07, 6.45) is -0.418. The Labute approximate surface area is 166 Å². The van der Waals surface area contributed by atoms with Gasteiger partial charge in [-0.3, -0.25) is 0 Å². The number of nitrogens with one attached hydrogen (secondary N) is 2. The van der Waals surface area contributed by atoms with E-state index in [1.807, 2.05) is 30.3 Å². The molecule has 1 aromatic carbocycles. The molecule has 5 nitrogen and oxygen atoms in total. The fourth-order valence-electron chi connectivity index (χ4n) is 2.04. The highest BCUT2D eigenvalue weighted by molar-refractivity contribution is 6.74. The minimum absolute atomic E-state index is 0.0369. The quantitative estimate of drug-likeness (QED) is 0.628. The topological polar surface area (TPSA) is 59.6 Å². The van der Waals surface area contributed by atoms with E-state index in [2.05, 4.69) is 65.3 Å². The third kappa shape index (κ3) is 9.40. The molecule has 0 aliphatic rings. The fourth-order valence-corrected chi connectivity index (χ4v) is 3.09. The molecule has 0 aromatic heterocycles. The zero-order chi connectivity index (χ0) is 20.7. The Morgan fingerprint density at radius 2 is 1.67 bits per heavy atom. The van der Waals surface area contributed by atoms with Crippen LogP contribution in [0.15, 0.2) is 30.3 Å². The second-order valence-corrected chi connectivity index (χ2v) is 14.4. The standard InChI is InChI=1S/C21H38N2O3Si/c1-20(2,3)22-14-18(16-26-27(7,8)21(4,5)6)23-19(24)25-15-17-12-10-9-11-13-17/h9-13,18,22H,14-16H2,1-8H3,(H,23,24). The summed E-state index contributed by atoms with van der Waals surface area (Å²) in [5, 5.41) is 6.53. The molecular weight excluding hydrogens is 356 g/mol. The predicted octanol–water partition coefficient (Wildman–Crippen LogP) is 4.69. The second kappa shape index (κ2) is 9.71. The van der Waals surface area contributed by atoms with Gasteiger partial charge in [0.05, 0.1) is 12.6 Å². The molecule has 0 bridgehead atoms. The second-order valence-electron chi connectivity index (χ2n) is 9.61. The molecule has 0 fully saturated rings. The van der Waals surface area contributed by atoms with Gasteiger partial charge in [-0.2, -0.15) is 0 Å². The van der Waals surface area contributed by atoms with Crippen LogP contribution in [0.25, 0.3) is 0 Å². The number of carbonyl (C=O) groups excluding carboxylic acids is 1. The molecule has 0 radical (unpaired) electrons. The lowest BCUT2D eigenvalue weighted by molar-refractivity contribution is 0.128. The first-order chi connectivity index (χ1) is 12.3. The molecule has 0 saturated heterocycles. The van der Waals surface area contributed by atoms with E-state index in [0.29, 0.717) is 13.2 Å². The van der Waals surface area contributed by atoms with Crippen LogP contribution in [0.1, 0.15) is 47.1 Å².